The highest BCUT2D eigenvalue weighted by molar-refractivity contribution is 5.87. The van der Waals surface area contributed by atoms with Crippen LogP contribution in [0.25, 0.3) is 0 Å². The Kier molecular flexibility index (Phi) is 2.66. The van der Waals surface area contributed by atoms with Crippen LogP contribution in [0.1, 0.15) is 35.2 Å². The zero-order chi connectivity index (χ0) is 11.8. The van der Waals surface area contributed by atoms with Gasteiger partial charge >= 0.3 is 5.97 Å². The van der Waals surface area contributed by atoms with E-state index in [0.717, 1.165) is 6.42 Å². The molecule has 16 heavy (non-hydrogen) atoms. The topological polar surface area (TPSA) is 37.3 Å². The lowest BCUT2D eigenvalue weighted by atomic mass is 9.78. The molecule has 2 nitrogen and oxygen atoms in total. The van der Waals surface area contributed by atoms with Crippen molar-refractivity contribution in [3.05, 3.63) is 35.4 Å². The molecule has 0 bridgehead atoms. The summed E-state index contributed by atoms with van der Waals surface area (Å²) in [6.07, 6.45) is 1.95. The number of halogens is 2. The van der Waals surface area contributed by atoms with Crippen molar-refractivity contribution in [2.45, 2.75) is 25.2 Å². The zero-order valence-corrected chi connectivity index (χ0v) is 8.62. The van der Waals surface area contributed by atoms with Gasteiger partial charge in [-0.2, -0.15) is 0 Å². The highest BCUT2D eigenvalue weighted by Gasteiger charge is 2.44. The van der Waals surface area contributed by atoms with Crippen LogP contribution in [-0.2, 0) is 5.92 Å². The van der Waals surface area contributed by atoms with Crippen molar-refractivity contribution in [1.82, 2.24) is 0 Å². The molecule has 0 heterocycles. The molecule has 0 amide bonds. The molecule has 1 aromatic carbocycles. The zero-order valence-electron chi connectivity index (χ0n) is 8.62. The summed E-state index contributed by atoms with van der Waals surface area (Å²) in [6.45, 7) is 0. The first kappa shape index (κ1) is 11.0. The molecule has 86 valence electrons. The molecule has 1 saturated carbocycles. The Morgan fingerprint density at radius 3 is 2.19 bits per heavy atom. The molecule has 0 spiro atoms. The number of benzene rings is 1. The Morgan fingerprint density at radius 2 is 1.81 bits per heavy atom. The average Bonchev–Trinajstić information content (AvgIpc) is 2.14. The van der Waals surface area contributed by atoms with E-state index in [-0.39, 0.29) is 11.1 Å². The lowest BCUT2D eigenvalue weighted by molar-refractivity contribution is -0.0943. The molecule has 0 saturated heterocycles. The fourth-order valence-electron chi connectivity index (χ4n) is 1.84. The highest BCUT2D eigenvalue weighted by Crippen LogP contribution is 2.46. The van der Waals surface area contributed by atoms with Gasteiger partial charge in [-0.3, -0.25) is 0 Å². The third-order valence-corrected chi connectivity index (χ3v) is 3.13. The van der Waals surface area contributed by atoms with Crippen molar-refractivity contribution in [1.29, 1.82) is 0 Å². The predicted octanol–water partition coefficient (Wildman–Crippen LogP) is 3.28. The number of hydrogen-bond donors (Lipinski definition) is 1. The van der Waals surface area contributed by atoms with Crippen LogP contribution in [0.3, 0.4) is 0 Å². The lowest BCUT2D eigenvalue weighted by Gasteiger charge is -2.33. The van der Waals surface area contributed by atoms with Gasteiger partial charge in [0.15, 0.2) is 0 Å². The molecular formula is C12H12F2O2. The van der Waals surface area contributed by atoms with Crippen molar-refractivity contribution in [2.24, 2.45) is 5.92 Å². The van der Waals surface area contributed by atoms with E-state index in [1.165, 1.54) is 24.3 Å². The maximum absolute atomic E-state index is 13.8. The smallest absolute Gasteiger partial charge is 0.335 e. The first-order valence-corrected chi connectivity index (χ1v) is 5.23. The van der Waals surface area contributed by atoms with Gasteiger partial charge in [0.25, 0.3) is 5.92 Å². The number of aromatic carboxylic acids is 1. The Morgan fingerprint density at radius 1 is 1.25 bits per heavy atom. The number of alkyl halides is 2. The van der Waals surface area contributed by atoms with Crippen molar-refractivity contribution in [2.75, 3.05) is 0 Å². The number of rotatable bonds is 3. The van der Waals surface area contributed by atoms with Gasteiger partial charge in [-0.1, -0.05) is 18.6 Å². The minimum absolute atomic E-state index is 0.0353. The summed E-state index contributed by atoms with van der Waals surface area (Å²) in [5.41, 5.74) is -0.0460. The maximum Gasteiger partial charge on any atom is 0.335 e. The van der Waals surface area contributed by atoms with Crippen molar-refractivity contribution >= 4 is 5.97 Å². The molecular weight excluding hydrogens is 214 g/mol. The van der Waals surface area contributed by atoms with Crippen LogP contribution < -0.4 is 0 Å². The molecule has 1 aromatic rings. The summed E-state index contributed by atoms with van der Waals surface area (Å²) in [6, 6.07) is 4.87. The van der Waals surface area contributed by atoms with E-state index >= 15 is 0 Å². The first-order valence-electron chi connectivity index (χ1n) is 5.23. The van der Waals surface area contributed by atoms with Crippen molar-refractivity contribution in [3.63, 3.8) is 0 Å². The van der Waals surface area contributed by atoms with E-state index in [9.17, 15) is 13.6 Å². The summed E-state index contributed by atoms with van der Waals surface area (Å²) in [5, 5.41) is 8.66. The standard InChI is InChI=1S/C12H12F2O2/c13-12(14,9-2-1-3-9)10-6-4-8(5-7-10)11(15)16/h4-7,9H,1-3H2,(H,15,16). The predicted molar refractivity (Wildman–Crippen MR) is 54.6 cm³/mol. The summed E-state index contributed by atoms with van der Waals surface area (Å²) in [4.78, 5) is 10.6. The fraction of sp³-hybridized carbons (Fsp3) is 0.417. The maximum atomic E-state index is 13.8. The monoisotopic (exact) mass is 226 g/mol. The highest BCUT2D eigenvalue weighted by atomic mass is 19.3. The molecule has 2 rings (SSSR count). The van der Waals surface area contributed by atoms with E-state index in [1.807, 2.05) is 0 Å². The minimum atomic E-state index is -2.82. The van der Waals surface area contributed by atoms with Gasteiger partial charge in [0.05, 0.1) is 5.56 Å². The van der Waals surface area contributed by atoms with Crippen molar-refractivity contribution in [3.8, 4) is 0 Å². The molecule has 4 heteroatoms. The van der Waals surface area contributed by atoms with Crippen LogP contribution in [0.2, 0.25) is 0 Å². The van der Waals surface area contributed by atoms with Gasteiger partial charge in [0.1, 0.15) is 0 Å². The Hall–Kier alpha value is -1.45. The van der Waals surface area contributed by atoms with Gasteiger partial charge < -0.3 is 5.11 Å². The fourth-order valence-corrected chi connectivity index (χ4v) is 1.84. The van der Waals surface area contributed by atoms with Crippen LogP contribution in [0.4, 0.5) is 8.78 Å². The van der Waals surface area contributed by atoms with Crippen LogP contribution in [0, 0.1) is 5.92 Å². The van der Waals surface area contributed by atoms with Gasteiger partial charge in [0.2, 0.25) is 0 Å². The lowest BCUT2D eigenvalue weighted by Crippen LogP contribution is -2.31. The second-order valence-electron chi connectivity index (χ2n) is 4.13. The quantitative estimate of drug-likeness (QED) is 0.858. The SMILES string of the molecule is O=C(O)c1ccc(C(F)(F)C2CCC2)cc1. The molecule has 1 N–H and O–H groups in total. The summed E-state index contributed by atoms with van der Waals surface area (Å²) >= 11 is 0. The van der Waals surface area contributed by atoms with Crippen LogP contribution in [-0.4, -0.2) is 11.1 Å². The normalized spacial score (nSPS) is 16.9. The molecule has 1 fully saturated rings. The second-order valence-corrected chi connectivity index (χ2v) is 4.13. The molecule has 0 atom stereocenters. The van der Waals surface area contributed by atoms with Gasteiger partial charge in [0, 0.05) is 11.5 Å². The number of carboxylic acid groups (broad SMARTS) is 1. The third kappa shape index (κ3) is 1.79. The van der Waals surface area contributed by atoms with Crippen LogP contribution in [0.5, 0.6) is 0 Å². The van der Waals surface area contributed by atoms with Gasteiger partial charge in [-0.15, -0.1) is 0 Å². The van der Waals surface area contributed by atoms with Crippen LogP contribution in [0.15, 0.2) is 24.3 Å². The third-order valence-electron chi connectivity index (χ3n) is 3.13. The Labute approximate surface area is 91.9 Å². The molecule has 0 unspecified atom stereocenters. The van der Waals surface area contributed by atoms with E-state index < -0.39 is 17.8 Å². The molecule has 1 aliphatic carbocycles. The van der Waals surface area contributed by atoms with E-state index in [0.29, 0.717) is 12.8 Å². The van der Waals surface area contributed by atoms with Crippen LogP contribution >= 0.6 is 0 Å². The number of hydrogen-bond acceptors (Lipinski definition) is 1. The largest absolute Gasteiger partial charge is 0.478 e. The summed E-state index contributed by atoms with van der Waals surface area (Å²) in [5.74, 6) is -4.50. The molecule has 0 aliphatic heterocycles. The van der Waals surface area contributed by atoms with Crippen molar-refractivity contribution < 1.29 is 18.7 Å². The summed E-state index contributed by atoms with van der Waals surface area (Å²) in [7, 11) is 0. The molecule has 0 aromatic heterocycles. The molecule has 0 radical (unpaired) electrons. The van der Waals surface area contributed by atoms with E-state index in [1.54, 1.807) is 0 Å². The summed E-state index contributed by atoms with van der Waals surface area (Å²) < 4.78 is 27.6. The minimum Gasteiger partial charge on any atom is -0.478 e. The van der Waals surface area contributed by atoms with Gasteiger partial charge in [-0.25, -0.2) is 13.6 Å². The molecule has 1 aliphatic rings. The van der Waals surface area contributed by atoms with E-state index in [4.69, 9.17) is 5.11 Å². The second kappa shape index (κ2) is 3.85. The first-order chi connectivity index (χ1) is 7.51. The van der Waals surface area contributed by atoms with Gasteiger partial charge in [-0.05, 0) is 25.0 Å². The average molecular weight is 226 g/mol. The van der Waals surface area contributed by atoms with E-state index in [2.05, 4.69) is 0 Å². The Balaban J connectivity index is 2.23. The number of carbonyl (C=O) groups is 1. The Bertz CT molecular complexity index is 394. The number of carboxylic acids is 1.